The topological polar surface area (TPSA) is 108 Å². The lowest BCUT2D eigenvalue weighted by atomic mass is 10.3. The number of hydrogen-bond donors (Lipinski definition) is 1. The van der Waals surface area contributed by atoms with Crippen molar-refractivity contribution in [3.05, 3.63) is 66.6 Å². The molecule has 0 aliphatic rings. The van der Waals surface area contributed by atoms with Gasteiger partial charge in [0.25, 0.3) is 11.8 Å². The standard InChI is InChI=1S/C20H18N6O3/c1-3-28-16-7-5-15(6-8-16)24-19(27)17-11-26(12-22-17)18-9-4-14(10-21-18)20-23-13(2)25-29-20/h4-12H,3H2,1-2H3,(H,24,27). The zero-order valence-corrected chi connectivity index (χ0v) is 15.9. The fourth-order valence-electron chi connectivity index (χ4n) is 2.64. The largest absolute Gasteiger partial charge is 0.494 e. The van der Waals surface area contributed by atoms with E-state index in [-0.39, 0.29) is 11.6 Å². The number of carbonyl (C=O) groups is 1. The van der Waals surface area contributed by atoms with Gasteiger partial charge in [-0.15, -0.1) is 0 Å². The highest BCUT2D eigenvalue weighted by Gasteiger charge is 2.12. The van der Waals surface area contributed by atoms with Crippen LogP contribution in [-0.4, -0.2) is 37.2 Å². The summed E-state index contributed by atoms with van der Waals surface area (Å²) in [4.78, 5) is 25.1. The molecule has 0 radical (unpaired) electrons. The number of aryl methyl sites for hydroxylation is 1. The molecule has 3 aromatic heterocycles. The second kappa shape index (κ2) is 7.93. The van der Waals surface area contributed by atoms with Gasteiger partial charge in [-0.3, -0.25) is 9.36 Å². The Kier molecular flexibility index (Phi) is 5.02. The maximum atomic E-state index is 12.4. The normalized spacial score (nSPS) is 10.7. The van der Waals surface area contributed by atoms with Crippen molar-refractivity contribution in [1.29, 1.82) is 0 Å². The van der Waals surface area contributed by atoms with Gasteiger partial charge in [0.15, 0.2) is 5.82 Å². The molecule has 0 saturated carbocycles. The zero-order chi connectivity index (χ0) is 20.2. The molecule has 9 nitrogen and oxygen atoms in total. The van der Waals surface area contributed by atoms with Crippen molar-refractivity contribution in [2.75, 3.05) is 11.9 Å². The van der Waals surface area contributed by atoms with Gasteiger partial charge in [0.1, 0.15) is 23.6 Å². The van der Waals surface area contributed by atoms with E-state index in [0.717, 1.165) is 5.75 Å². The molecule has 0 bridgehead atoms. The molecule has 9 heteroatoms. The first-order chi connectivity index (χ1) is 14.1. The molecule has 3 heterocycles. The minimum atomic E-state index is -0.314. The molecule has 0 fully saturated rings. The number of imidazole rings is 1. The number of carbonyl (C=O) groups excluding carboxylic acids is 1. The van der Waals surface area contributed by atoms with E-state index in [9.17, 15) is 4.79 Å². The molecule has 0 aliphatic heterocycles. The molecule has 0 aliphatic carbocycles. The van der Waals surface area contributed by atoms with Crippen LogP contribution in [-0.2, 0) is 0 Å². The summed E-state index contributed by atoms with van der Waals surface area (Å²) in [5.74, 6) is 2.01. The third-order valence-electron chi connectivity index (χ3n) is 4.03. The molecule has 4 rings (SSSR count). The smallest absolute Gasteiger partial charge is 0.275 e. The molecule has 4 aromatic rings. The monoisotopic (exact) mass is 390 g/mol. The van der Waals surface area contributed by atoms with Gasteiger partial charge in [0, 0.05) is 18.1 Å². The minimum absolute atomic E-state index is 0.275. The van der Waals surface area contributed by atoms with E-state index < -0.39 is 0 Å². The summed E-state index contributed by atoms with van der Waals surface area (Å²) >= 11 is 0. The van der Waals surface area contributed by atoms with Gasteiger partial charge in [-0.1, -0.05) is 5.16 Å². The Morgan fingerprint density at radius 3 is 2.66 bits per heavy atom. The van der Waals surface area contributed by atoms with Crippen LogP contribution < -0.4 is 10.1 Å². The van der Waals surface area contributed by atoms with Crippen LogP contribution in [0.5, 0.6) is 5.75 Å². The van der Waals surface area contributed by atoms with E-state index in [4.69, 9.17) is 9.26 Å². The lowest BCUT2D eigenvalue weighted by Crippen LogP contribution is -2.12. The van der Waals surface area contributed by atoms with Crippen molar-refractivity contribution in [3.8, 4) is 23.0 Å². The van der Waals surface area contributed by atoms with Gasteiger partial charge in [-0.05, 0) is 50.2 Å². The van der Waals surface area contributed by atoms with Gasteiger partial charge < -0.3 is 14.6 Å². The van der Waals surface area contributed by atoms with E-state index in [1.807, 2.05) is 13.0 Å². The van der Waals surface area contributed by atoms with Crippen molar-refractivity contribution < 1.29 is 14.1 Å². The maximum Gasteiger partial charge on any atom is 0.275 e. The van der Waals surface area contributed by atoms with Crippen molar-refractivity contribution in [3.63, 3.8) is 0 Å². The van der Waals surface area contributed by atoms with Gasteiger partial charge in [-0.25, -0.2) is 9.97 Å². The van der Waals surface area contributed by atoms with Crippen LogP contribution in [0.4, 0.5) is 5.69 Å². The SMILES string of the molecule is CCOc1ccc(NC(=O)c2cn(-c3ccc(-c4nc(C)no4)cn3)cn2)cc1. The van der Waals surface area contributed by atoms with Gasteiger partial charge in [-0.2, -0.15) is 4.98 Å². The van der Waals surface area contributed by atoms with Gasteiger partial charge in [0.2, 0.25) is 0 Å². The molecule has 0 atom stereocenters. The Morgan fingerprint density at radius 1 is 1.17 bits per heavy atom. The van der Waals surface area contributed by atoms with E-state index in [2.05, 4.69) is 25.4 Å². The first kappa shape index (κ1) is 18.4. The lowest BCUT2D eigenvalue weighted by molar-refractivity contribution is 0.102. The average Bonchev–Trinajstić information content (AvgIpc) is 3.39. The molecule has 1 amide bonds. The van der Waals surface area contributed by atoms with Gasteiger partial charge in [0.05, 0.1) is 12.2 Å². The molecule has 1 aromatic carbocycles. The molecular formula is C20H18N6O3. The van der Waals surface area contributed by atoms with Crippen molar-refractivity contribution in [2.24, 2.45) is 0 Å². The van der Waals surface area contributed by atoms with Crippen LogP contribution in [0.2, 0.25) is 0 Å². The third-order valence-corrected chi connectivity index (χ3v) is 4.03. The number of benzene rings is 1. The summed E-state index contributed by atoms with van der Waals surface area (Å²) < 4.78 is 12.2. The number of amides is 1. The Hall–Kier alpha value is -4.01. The van der Waals surface area contributed by atoms with Crippen LogP contribution in [0.3, 0.4) is 0 Å². The van der Waals surface area contributed by atoms with Gasteiger partial charge >= 0.3 is 0 Å². The van der Waals surface area contributed by atoms with Crippen LogP contribution in [0, 0.1) is 6.92 Å². The number of aromatic nitrogens is 5. The highest BCUT2D eigenvalue weighted by atomic mass is 16.5. The van der Waals surface area contributed by atoms with Crippen molar-refractivity contribution >= 4 is 11.6 Å². The molecule has 1 N–H and O–H groups in total. The summed E-state index contributed by atoms with van der Waals surface area (Å²) in [6.07, 6.45) is 4.77. The average molecular weight is 390 g/mol. The zero-order valence-electron chi connectivity index (χ0n) is 15.9. The fraction of sp³-hybridized carbons (Fsp3) is 0.150. The summed E-state index contributed by atoms with van der Waals surface area (Å²) in [6.45, 7) is 4.26. The van der Waals surface area contributed by atoms with Crippen LogP contribution in [0.25, 0.3) is 17.3 Å². The Balaban J connectivity index is 1.45. The predicted octanol–water partition coefficient (Wildman–Crippen LogP) is 3.28. The minimum Gasteiger partial charge on any atom is -0.494 e. The molecule has 0 unspecified atom stereocenters. The Bertz CT molecular complexity index is 1120. The molecular weight excluding hydrogens is 372 g/mol. The highest BCUT2D eigenvalue weighted by Crippen LogP contribution is 2.18. The highest BCUT2D eigenvalue weighted by molar-refractivity contribution is 6.02. The maximum absolute atomic E-state index is 12.4. The lowest BCUT2D eigenvalue weighted by Gasteiger charge is -2.06. The first-order valence-electron chi connectivity index (χ1n) is 8.97. The summed E-state index contributed by atoms with van der Waals surface area (Å²) in [7, 11) is 0. The Labute approximate surface area is 166 Å². The van der Waals surface area contributed by atoms with Crippen molar-refractivity contribution in [2.45, 2.75) is 13.8 Å². The summed E-state index contributed by atoms with van der Waals surface area (Å²) in [6, 6.07) is 10.8. The van der Waals surface area contributed by atoms with E-state index in [1.54, 1.807) is 54.2 Å². The summed E-state index contributed by atoms with van der Waals surface area (Å²) in [5, 5.41) is 6.57. The van der Waals surface area contributed by atoms with Crippen molar-refractivity contribution in [1.82, 2.24) is 24.7 Å². The molecule has 0 spiro atoms. The van der Waals surface area contributed by atoms with E-state index in [0.29, 0.717) is 35.4 Å². The Morgan fingerprint density at radius 2 is 2.00 bits per heavy atom. The fourth-order valence-corrected chi connectivity index (χ4v) is 2.64. The second-order valence-electron chi connectivity index (χ2n) is 6.13. The summed E-state index contributed by atoms with van der Waals surface area (Å²) in [5.41, 5.74) is 1.64. The number of rotatable bonds is 6. The van der Waals surface area contributed by atoms with E-state index in [1.165, 1.54) is 6.33 Å². The molecule has 146 valence electrons. The third kappa shape index (κ3) is 4.13. The number of ether oxygens (including phenoxy) is 1. The van der Waals surface area contributed by atoms with Crippen LogP contribution in [0.15, 0.2) is 59.6 Å². The van der Waals surface area contributed by atoms with Crippen LogP contribution >= 0.6 is 0 Å². The van der Waals surface area contributed by atoms with Crippen LogP contribution in [0.1, 0.15) is 23.2 Å². The number of nitrogens with one attached hydrogen (secondary N) is 1. The number of hydrogen-bond acceptors (Lipinski definition) is 7. The van der Waals surface area contributed by atoms with E-state index >= 15 is 0 Å². The number of anilines is 1. The number of nitrogens with zero attached hydrogens (tertiary/aromatic N) is 5. The second-order valence-corrected chi connectivity index (χ2v) is 6.13. The molecule has 29 heavy (non-hydrogen) atoms. The first-order valence-corrected chi connectivity index (χ1v) is 8.97. The molecule has 0 saturated heterocycles. The quantitative estimate of drug-likeness (QED) is 0.538. The number of pyridine rings is 1. The predicted molar refractivity (Wildman–Crippen MR) is 105 cm³/mol.